The molecule has 1 aromatic rings. The van der Waals surface area contributed by atoms with Crippen molar-refractivity contribution in [3.63, 3.8) is 0 Å². The minimum Gasteiger partial charge on any atom is -0.478 e. The fraction of sp³-hybridized carbons (Fsp3) is 0.467. The average Bonchev–Trinajstić information content (AvgIpc) is 2.88. The molecule has 1 saturated heterocycles. The fourth-order valence-electron chi connectivity index (χ4n) is 2.44. The molecule has 1 aliphatic heterocycles. The molecule has 4 heteroatoms. The number of carboxylic acids is 1. The van der Waals surface area contributed by atoms with Crippen molar-refractivity contribution >= 4 is 11.9 Å². The topological polar surface area (TPSA) is 57.6 Å². The van der Waals surface area contributed by atoms with Gasteiger partial charge in [0.2, 0.25) is 5.91 Å². The van der Waals surface area contributed by atoms with E-state index >= 15 is 0 Å². The summed E-state index contributed by atoms with van der Waals surface area (Å²) < 4.78 is 0. The molecule has 0 aromatic heterocycles. The van der Waals surface area contributed by atoms with E-state index in [4.69, 9.17) is 5.11 Å². The lowest BCUT2D eigenvalue weighted by Crippen LogP contribution is -2.30. The predicted octanol–water partition coefficient (Wildman–Crippen LogP) is 2.19. The average molecular weight is 261 g/mol. The van der Waals surface area contributed by atoms with E-state index in [2.05, 4.69) is 6.92 Å². The summed E-state index contributed by atoms with van der Waals surface area (Å²) in [6.45, 7) is 3.87. The molecule has 1 heterocycles. The summed E-state index contributed by atoms with van der Waals surface area (Å²) in [5, 5.41) is 8.81. The van der Waals surface area contributed by atoms with Gasteiger partial charge in [0.1, 0.15) is 0 Å². The van der Waals surface area contributed by atoms with Gasteiger partial charge < -0.3 is 10.0 Å². The molecule has 19 heavy (non-hydrogen) atoms. The molecule has 1 aromatic carbocycles. The van der Waals surface area contributed by atoms with E-state index in [9.17, 15) is 9.59 Å². The Balaban J connectivity index is 1.94. The minimum atomic E-state index is -0.941. The molecule has 0 spiro atoms. The van der Waals surface area contributed by atoms with Gasteiger partial charge in [-0.2, -0.15) is 0 Å². The van der Waals surface area contributed by atoms with Crippen molar-refractivity contribution in [3.8, 4) is 0 Å². The quantitative estimate of drug-likeness (QED) is 0.903. The van der Waals surface area contributed by atoms with Crippen LogP contribution in [0.5, 0.6) is 0 Å². The highest BCUT2D eigenvalue weighted by atomic mass is 16.4. The van der Waals surface area contributed by atoms with Crippen LogP contribution in [0.25, 0.3) is 0 Å². The third-order valence-electron chi connectivity index (χ3n) is 3.77. The van der Waals surface area contributed by atoms with E-state index in [-0.39, 0.29) is 11.5 Å². The molecule has 4 nitrogen and oxygen atoms in total. The first kappa shape index (κ1) is 13.6. The zero-order valence-corrected chi connectivity index (χ0v) is 11.1. The number of likely N-dealkylation sites (tertiary alicyclic amines) is 1. The van der Waals surface area contributed by atoms with E-state index in [0.29, 0.717) is 12.3 Å². The van der Waals surface area contributed by atoms with Crippen LogP contribution in [-0.2, 0) is 11.2 Å². The second kappa shape index (κ2) is 5.87. The highest BCUT2D eigenvalue weighted by Gasteiger charge is 2.24. The molecule has 1 fully saturated rings. The Bertz CT molecular complexity index is 467. The Morgan fingerprint density at radius 1 is 1.32 bits per heavy atom. The maximum absolute atomic E-state index is 12.1. The van der Waals surface area contributed by atoms with Crippen molar-refractivity contribution in [2.75, 3.05) is 13.1 Å². The number of aromatic carboxylic acids is 1. The van der Waals surface area contributed by atoms with Gasteiger partial charge in [0.25, 0.3) is 0 Å². The Labute approximate surface area is 113 Å². The highest BCUT2D eigenvalue weighted by Crippen LogP contribution is 2.20. The van der Waals surface area contributed by atoms with Crippen LogP contribution in [0.15, 0.2) is 24.3 Å². The van der Waals surface area contributed by atoms with E-state index in [1.807, 2.05) is 4.90 Å². The number of carboxylic acid groups (broad SMARTS) is 1. The van der Waals surface area contributed by atoms with E-state index in [1.54, 1.807) is 24.3 Å². The first-order chi connectivity index (χ1) is 9.10. The van der Waals surface area contributed by atoms with Crippen LogP contribution in [0.2, 0.25) is 0 Å². The van der Waals surface area contributed by atoms with Crippen LogP contribution in [-0.4, -0.2) is 35.0 Å². The summed E-state index contributed by atoms with van der Waals surface area (Å²) in [6.07, 6.45) is 2.58. The Hall–Kier alpha value is -1.84. The largest absolute Gasteiger partial charge is 0.478 e. The molecule has 1 N–H and O–H groups in total. The lowest BCUT2D eigenvalue weighted by atomic mass is 10.1. The number of carbonyl (C=O) groups excluding carboxylic acids is 1. The maximum Gasteiger partial charge on any atom is 0.335 e. The molecule has 1 amide bonds. The standard InChI is InChI=1S/C15H19NO3/c1-2-11-7-8-16(10-11)14(17)9-12-3-5-13(6-4-12)15(18)19/h3-6,11H,2,7-10H2,1H3,(H,18,19). The molecule has 102 valence electrons. The van der Waals surface area contributed by atoms with Gasteiger partial charge in [-0.25, -0.2) is 4.79 Å². The third kappa shape index (κ3) is 3.34. The summed E-state index contributed by atoms with van der Waals surface area (Å²) in [5.74, 6) is -0.166. The molecule has 0 saturated carbocycles. The number of carbonyl (C=O) groups is 2. The second-order valence-corrected chi connectivity index (χ2v) is 5.08. The van der Waals surface area contributed by atoms with Gasteiger partial charge in [-0.15, -0.1) is 0 Å². The molecule has 0 radical (unpaired) electrons. The van der Waals surface area contributed by atoms with Gasteiger partial charge in [-0.3, -0.25) is 4.79 Å². The molecule has 0 bridgehead atoms. The molecule has 0 aliphatic carbocycles. The Morgan fingerprint density at radius 2 is 2.00 bits per heavy atom. The lowest BCUT2D eigenvalue weighted by Gasteiger charge is -2.16. The van der Waals surface area contributed by atoms with E-state index < -0.39 is 5.97 Å². The first-order valence-corrected chi connectivity index (χ1v) is 6.70. The monoisotopic (exact) mass is 261 g/mol. The summed E-state index contributed by atoms with van der Waals surface area (Å²) in [7, 11) is 0. The van der Waals surface area contributed by atoms with Crippen molar-refractivity contribution in [2.24, 2.45) is 5.92 Å². The summed E-state index contributed by atoms with van der Waals surface area (Å²) in [5.41, 5.74) is 1.12. The second-order valence-electron chi connectivity index (χ2n) is 5.08. The van der Waals surface area contributed by atoms with E-state index in [1.165, 1.54) is 0 Å². The zero-order valence-electron chi connectivity index (χ0n) is 11.1. The lowest BCUT2D eigenvalue weighted by molar-refractivity contribution is -0.129. The number of nitrogens with zero attached hydrogens (tertiary/aromatic N) is 1. The van der Waals surface area contributed by atoms with Crippen LogP contribution >= 0.6 is 0 Å². The zero-order chi connectivity index (χ0) is 13.8. The number of hydrogen-bond donors (Lipinski definition) is 1. The van der Waals surface area contributed by atoms with Crippen LogP contribution in [0.4, 0.5) is 0 Å². The molecule has 1 atom stereocenters. The molecular weight excluding hydrogens is 242 g/mol. The first-order valence-electron chi connectivity index (χ1n) is 6.70. The molecule has 1 aliphatic rings. The third-order valence-corrected chi connectivity index (χ3v) is 3.77. The van der Waals surface area contributed by atoms with Crippen molar-refractivity contribution < 1.29 is 14.7 Å². The van der Waals surface area contributed by atoms with Gasteiger partial charge in [-0.1, -0.05) is 25.5 Å². The smallest absolute Gasteiger partial charge is 0.335 e. The van der Waals surface area contributed by atoms with Crippen LogP contribution in [0.1, 0.15) is 35.7 Å². The fourth-order valence-corrected chi connectivity index (χ4v) is 2.44. The highest BCUT2D eigenvalue weighted by molar-refractivity contribution is 5.87. The normalized spacial score (nSPS) is 18.6. The number of benzene rings is 1. The molecule has 2 rings (SSSR count). The Kier molecular flexibility index (Phi) is 4.20. The number of amides is 1. The van der Waals surface area contributed by atoms with Crippen molar-refractivity contribution in [3.05, 3.63) is 35.4 Å². The van der Waals surface area contributed by atoms with Crippen LogP contribution in [0, 0.1) is 5.92 Å². The van der Waals surface area contributed by atoms with Crippen molar-refractivity contribution in [2.45, 2.75) is 26.2 Å². The molecule has 1 unspecified atom stereocenters. The van der Waals surface area contributed by atoms with Gasteiger partial charge in [0.05, 0.1) is 12.0 Å². The minimum absolute atomic E-state index is 0.138. The molecular formula is C15H19NO3. The SMILES string of the molecule is CCC1CCN(C(=O)Cc2ccc(C(=O)O)cc2)C1. The van der Waals surface area contributed by atoms with Gasteiger partial charge in [0.15, 0.2) is 0 Å². The summed E-state index contributed by atoms with van der Waals surface area (Å²) in [6, 6.07) is 6.52. The summed E-state index contributed by atoms with van der Waals surface area (Å²) in [4.78, 5) is 24.8. The maximum atomic E-state index is 12.1. The van der Waals surface area contributed by atoms with Crippen molar-refractivity contribution in [1.82, 2.24) is 4.90 Å². The summed E-state index contributed by atoms with van der Waals surface area (Å²) >= 11 is 0. The number of hydrogen-bond acceptors (Lipinski definition) is 2. The van der Waals surface area contributed by atoms with Gasteiger partial charge in [0, 0.05) is 13.1 Å². The van der Waals surface area contributed by atoms with Crippen molar-refractivity contribution in [1.29, 1.82) is 0 Å². The van der Waals surface area contributed by atoms with Crippen LogP contribution < -0.4 is 0 Å². The number of rotatable bonds is 4. The van der Waals surface area contributed by atoms with Crippen LogP contribution in [0.3, 0.4) is 0 Å². The predicted molar refractivity (Wildman–Crippen MR) is 72.1 cm³/mol. The van der Waals surface area contributed by atoms with Gasteiger partial charge >= 0.3 is 5.97 Å². The van der Waals surface area contributed by atoms with E-state index in [0.717, 1.165) is 31.5 Å². The van der Waals surface area contributed by atoms with Gasteiger partial charge in [-0.05, 0) is 30.0 Å². The Morgan fingerprint density at radius 3 is 2.53 bits per heavy atom.